The molecule has 106 valence electrons. The molecule has 3 nitrogen and oxygen atoms in total. The quantitative estimate of drug-likeness (QED) is 0.500. The van der Waals surface area contributed by atoms with Crippen LogP contribution in [0.2, 0.25) is 0 Å². The van der Waals surface area contributed by atoms with Crippen LogP contribution in [0.25, 0.3) is 0 Å². The van der Waals surface area contributed by atoms with Gasteiger partial charge in [-0.25, -0.2) is 4.98 Å². The van der Waals surface area contributed by atoms with E-state index in [9.17, 15) is 4.79 Å². The molecule has 0 atom stereocenters. The number of nitrogens with one attached hydrogen (secondary N) is 1. The molecule has 1 rings (SSSR count). The lowest BCUT2D eigenvalue weighted by Crippen LogP contribution is -2.09. The summed E-state index contributed by atoms with van der Waals surface area (Å²) in [6.45, 7) is 5.14. The number of ketones is 1. The Morgan fingerprint density at radius 1 is 1.16 bits per heavy atom. The summed E-state index contributed by atoms with van der Waals surface area (Å²) in [4.78, 5) is 16.2. The molecule has 0 saturated carbocycles. The van der Waals surface area contributed by atoms with E-state index >= 15 is 0 Å². The number of rotatable bonds is 10. The van der Waals surface area contributed by atoms with Crippen LogP contribution in [0, 0.1) is 0 Å². The molecule has 0 amide bonds. The number of unbranched alkanes of at least 4 members (excludes halogenated alkanes) is 4. The number of pyridine rings is 1. The molecule has 19 heavy (non-hydrogen) atoms. The van der Waals surface area contributed by atoms with Gasteiger partial charge in [0.15, 0.2) is 5.78 Å². The largest absolute Gasteiger partial charge is 0.369 e. The number of Topliss-reactive ketones (excluding diaryl/α,β-unsaturated/α-hetero) is 1. The van der Waals surface area contributed by atoms with Gasteiger partial charge in [-0.2, -0.15) is 0 Å². The van der Waals surface area contributed by atoms with Crippen LogP contribution in [0.15, 0.2) is 18.3 Å². The van der Waals surface area contributed by atoms with Gasteiger partial charge >= 0.3 is 0 Å². The topological polar surface area (TPSA) is 42.0 Å². The van der Waals surface area contributed by atoms with Gasteiger partial charge in [-0.05, 0) is 25.0 Å². The van der Waals surface area contributed by atoms with E-state index in [1.807, 2.05) is 19.1 Å². The second-order valence-corrected chi connectivity index (χ2v) is 4.91. The lowest BCUT2D eigenvalue weighted by Gasteiger charge is -2.09. The molecule has 0 aliphatic rings. The van der Waals surface area contributed by atoms with Crippen LogP contribution in [0.4, 0.5) is 5.82 Å². The maximum Gasteiger partial charge on any atom is 0.166 e. The molecule has 0 aliphatic carbocycles. The van der Waals surface area contributed by atoms with Crippen molar-refractivity contribution in [1.29, 1.82) is 0 Å². The number of carbonyl (C=O) groups excluding carboxylic acids is 1. The third-order valence-electron chi connectivity index (χ3n) is 3.16. The van der Waals surface area contributed by atoms with E-state index in [2.05, 4.69) is 17.2 Å². The highest BCUT2D eigenvalue weighted by atomic mass is 16.1. The number of carbonyl (C=O) groups is 1. The second-order valence-electron chi connectivity index (χ2n) is 4.91. The van der Waals surface area contributed by atoms with E-state index in [1.54, 1.807) is 6.20 Å². The Morgan fingerprint density at radius 3 is 2.68 bits per heavy atom. The maximum absolute atomic E-state index is 12.0. The van der Waals surface area contributed by atoms with E-state index in [4.69, 9.17) is 0 Å². The number of anilines is 1. The zero-order valence-corrected chi connectivity index (χ0v) is 12.2. The summed E-state index contributed by atoms with van der Waals surface area (Å²) in [5, 5.41) is 3.30. The molecule has 0 fully saturated rings. The smallest absolute Gasteiger partial charge is 0.166 e. The minimum Gasteiger partial charge on any atom is -0.369 e. The maximum atomic E-state index is 12.0. The predicted molar refractivity (Wildman–Crippen MR) is 80.7 cm³/mol. The fraction of sp³-hybridized carbons (Fsp3) is 0.625. The van der Waals surface area contributed by atoms with E-state index in [0.29, 0.717) is 6.42 Å². The van der Waals surface area contributed by atoms with E-state index in [1.165, 1.54) is 25.7 Å². The van der Waals surface area contributed by atoms with Crippen LogP contribution in [0.5, 0.6) is 0 Å². The molecule has 1 aromatic heterocycles. The summed E-state index contributed by atoms with van der Waals surface area (Å²) in [6.07, 6.45) is 9.46. The summed E-state index contributed by atoms with van der Waals surface area (Å²) >= 11 is 0. The highest BCUT2D eigenvalue weighted by Crippen LogP contribution is 2.15. The Hall–Kier alpha value is -1.38. The zero-order valence-electron chi connectivity index (χ0n) is 12.2. The molecule has 0 aliphatic heterocycles. The van der Waals surface area contributed by atoms with Crippen LogP contribution in [0.1, 0.15) is 69.2 Å². The van der Waals surface area contributed by atoms with Crippen molar-refractivity contribution < 1.29 is 4.79 Å². The van der Waals surface area contributed by atoms with E-state index < -0.39 is 0 Å². The molecule has 0 aromatic carbocycles. The molecule has 1 N–H and O–H groups in total. The first kappa shape index (κ1) is 15.7. The molecule has 0 saturated heterocycles. The molecule has 1 heterocycles. The van der Waals surface area contributed by atoms with Crippen molar-refractivity contribution in [2.75, 3.05) is 11.9 Å². The fourth-order valence-electron chi connectivity index (χ4n) is 2.07. The van der Waals surface area contributed by atoms with Gasteiger partial charge in [0.25, 0.3) is 0 Å². The summed E-state index contributed by atoms with van der Waals surface area (Å²) < 4.78 is 0. The molecular weight excluding hydrogens is 236 g/mol. The average Bonchev–Trinajstić information content (AvgIpc) is 2.43. The first-order chi connectivity index (χ1) is 9.29. The van der Waals surface area contributed by atoms with Crippen LogP contribution in [0.3, 0.4) is 0 Å². The molecule has 1 aromatic rings. The van der Waals surface area contributed by atoms with Crippen molar-refractivity contribution in [3.05, 3.63) is 23.9 Å². The zero-order chi connectivity index (χ0) is 13.9. The van der Waals surface area contributed by atoms with Crippen molar-refractivity contribution >= 4 is 11.6 Å². The minimum absolute atomic E-state index is 0.184. The summed E-state index contributed by atoms with van der Waals surface area (Å²) in [7, 11) is 0. The Labute approximate surface area is 116 Å². The lowest BCUT2D eigenvalue weighted by atomic mass is 10.1. The molecule has 0 unspecified atom stereocenters. The van der Waals surface area contributed by atoms with Crippen molar-refractivity contribution in [2.24, 2.45) is 0 Å². The van der Waals surface area contributed by atoms with Gasteiger partial charge in [0.1, 0.15) is 5.82 Å². The van der Waals surface area contributed by atoms with Gasteiger partial charge < -0.3 is 5.32 Å². The van der Waals surface area contributed by atoms with Gasteiger partial charge in [0, 0.05) is 19.2 Å². The first-order valence-corrected chi connectivity index (χ1v) is 7.51. The van der Waals surface area contributed by atoms with E-state index in [-0.39, 0.29) is 5.78 Å². The second kappa shape index (κ2) is 9.54. The summed E-state index contributed by atoms with van der Waals surface area (Å²) in [6, 6.07) is 3.69. The summed E-state index contributed by atoms with van der Waals surface area (Å²) in [5.74, 6) is 0.931. The van der Waals surface area contributed by atoms with Crippen molar-refractivity contribution in [3.8, 4) is 0 Å². The van der Waals surface area contributed by atoms with Crippen molar-refractivity contribution in [1.82, 2.24) is 4.98 Å². The summed E-state index contributed by atoms with van der Waals surface area (Å²) in [5.41, 5.74) is 0.734. The van der Waals surface area contributed by atoms with Crippen LogP contribution in [-0.2, 0) is 0 Å². The van der Waals surface area contributed by atoms with Gasteiger partial charge in [-0.15, -0.1) is 0 Å². The first-order valence-electron chi connectivity index (χ1n) is 7.51. The monoisotopic (exact) mass is 262 g/mol. The van der Waals surface area contributed by atoms with Gasteiger partial charge in [0.2, 0.25) is 0 Å². The number of aromatic nitrogens is 1. The average molecular weight is 262 g/mol. The third kappa shape index (κ3) is 5.86. The van der Waals surface area contributed by atoms with Gasteiger partial charge in [-0.1, -0.05) is 39.5 Å². The molecule has 0 radical (unpaired) electrons. The van der Waals surface area contributed by atoms with Crippen LogP contribution in [-0.4, -0.2) is 17.3 Å². The highest BCUT2D eigenvalue weighted by molar-refractivity contribution is 6.00. The predicted octanol–water partition coefficient (Wildman–Crippen LogP) is 4.45. The third-order valence-corrected chi connectivity index (χ3v) is 3.16. The molecular formula is C16H26N2O. The minimum atomic E-state index is 0.184. The van der Waals surface area contributed by atoms with Crippen molar-refractivity contribution in [3.63, 3.8) is 0 Å². The SMILES string of the molecule is CCCCCCCNc1ncccc1C(=O)CCC. The Kier molecular flexibility index (Phi) is 7.87. The number of nitrogens with zero attached hydrogens (tertiary/aromatic N) is 1. The number of hydrogen-bond donors (Lipinski definition) is 1. The molecule has 0 bridgehead atoms. The van der Waals surface area contributed by atoms with Crippen LogP contribution >= 0.6 is 0 Å². The van der Waals surface area contributed by atoms with Gasteiger partial charge in [0.05, 0.1) is 5.56 Å². The van der Waals surface area contributed by atoms with Gasteiger partial charge in [-0.3, -0.25) is 4.79 Å². The Morgan fingerprint density at radius 2 is 1.95 bits per heavy atom. The molecule has 3 heteroatoms. The Balaban J connectivity index is 2.42. The number of hydrogen-bond acceptors (Lipinski definition) is 3. The lowest BCUT2D eigenvalue weighted by molar-refractivity contribution is 0.0982. The molecule has 0 spiro atoms. The fourth-order valence-corrected chi connectivity index (χ4v) is 2.07. The van der Waals surface area contributed by atoms with E-state index in [0.717, 1.165) is 30.8 Å². The Bertz CT molecular complexity index is 377. The van der Waals surface area contributed by atoms with Crippen LogP contribution < -0.4 is 5.32 Å². The highest BCUT2D eigenvalue weighted by Gasteiger charge is 2.10. The standard InChI is InChI=1S/C16H26N2O/c1-3-5-6-7-8-12-17-16-14(11-9-13-18-16)15(19)10-4-2/h9,11,13H,3-8,10,12H2,1-2H3,(H,17,18). The van der Waals surface area contributed by atoms with Crippen molar-refractivity contribution in [2.45, 2.75) is 58.8 Å². The normalized spacial score (nSPS) is 10.4.